The van der Waals surface area contributed by atoms with Crippen LogP contribution in [0.25, 0.3) is 0 Å². The van der Waals surface area contributed by atoms with Gasteiger partial charge in [-0.25, -0.2) is 0 Å². The van der Waals surface area contributed by atoms with Crippen LogP contribution in [-0.2, 0) is 0 Å². The summed E-state index contributed by atoms with van der Waals surface area (Å²) in [5.41, 5.74) is 0.315. The minimum atomic E-state index is 0.0411. The number of hydrogen-bond acceptors (Lipinski definition) is 2. The Bertz CT molecular complexity index is 355. The van der Waals surface area contributed by atoms with Crippen LogP contribution in [0, 0.1) is 17.3 Å². The molecule has 1 saturated carbocycles. The first-order valence-electron chi connectivity index (χ1n) is 5.54. The Kier molecular flexibility index (Phi) is 1.22. The zero-order valence-corrected chi connectivity index (χ0v) is 9.41. The molecule has 2 nitrogen and oxygen atoms in total. The number of rotatable bonds is 0. The van der Waals surface area contributed by atoms with Crippen LogP contribution in [-0.4, -0.2) is 11.1 Å². The summed E-state index contributed by atoms with van der Waals surface area (Å²) in [5.74, 6) is 1.32. The fourth-order valence-electron chi connectivity index (χ4n) is 3.80. The van der Waals surface area contributed by atoms with E-state index in [0.29, 0.717) is 11.8 Å². The van der Waals surface area contributed by atoms with E-state index in [9.17, 15) is 0 Å². The average molecular weight is 190 g/mol. The maximum absolute atomic E-state index is 4.59. The van der Waals surface area contributed by atoms with Gasteiger partial charge < -0.3 is 0 Å². The van der Waals surface area contributed by atoms with E-state index >= 15 is 0 Å². The van der Waals surface area contributed by atoms with Crippen LogP contribution in [0.1, 0.15) is 34.1 Å². The molecule has 4 atom stereocenters. The fourth-order valence-corrected chi connectivity index (χ4v) is 3.80. The van der Waals surface area contributed by atoms with Gasteiger partial charge in [0.05, 0.1) is 11.1 Å². The zero-order valence-electron chi connectivity index (χ0n) is 9.41. The Morgan fingerprint density at radius 2 is 1.71 bits per heavy atom. The van der Waals surface area contributed by atoms with Gasteiger partial charge in [0.15, 0.2) is 0 Å². The largest absolute Gasteiger partial charge is 0.186 e. The second-order valence-electron chi connectivity index (χ2n) is 5.92. The summed E-state index contributed by atoms with van der Waals surface area (Å²) in [4.78, 5) is 0. The van der Waals surface area contributed by atoms with Crippen molar-refractivity contribution in [2.24, 2.45) is 27.5 Å². The molecule has 0 saturated heterocycles. The Labute approximate surface area is 85.5 Å². The predicted molar refractivity (Wildman–Crippen MR) is 56.2 cm³/mol. The van der Waals surface area contributed by atoms with Crippen molar-refractivity contribution in [2.75, 3.05) is 0 Å². The van der Waals surface area contributed by atoms with Gasteiger partial charge in [-0.3, -0.25) is 0 Å². The van der Waals surface area contributed by atoms with Gasteiger partial charge in [0.25, 0.3) is 0 Å². The van der Waals surface area contributed by atoms with E-state index in [1.165, 1.54) is 6.42 Å². The second kappa shape index (κ2) is 1.98. The first-order chi connectivity index (χ1) is 6.43. The average Bonchev–Trinajstić information content (AvgIpc) is 2.69. The molecule has 0 radical (unpaired) electrons. The van der Waals surface area contributed by atoms with Crippen LogP contribution in [0.15, 0.2) is 22.4 Å². The van der Waals surface area contributed by atoms with Gasteiger partial charge in [-0.05, 0) is 26.2 Å². The maximum Gasteiger partial charge on any atom is 0.0928 e. The molecule has 0 aromatic carbocycles. The topological polar surface area (TPSA) is 24.7 Å². The quantitative estimate of drug-likeness (QED) is 0.524. The van der Waals surface area contributed by atoms with E-state index in [1.54, 1.807) is 0 Å². The van der Waals surface area contributed by atoms with E-state index < -0.39 is 0 Å². The molecule has 3 aliphatic rings. The highest BCUT2D eigenvalue weighted by molar-refractivity contribution is 5.32. The van der Waals surface area contributed by atoms with E-state index in [4.69, 9.17) is 0 Å². The number of fused-ring (bicyclic) bond motifs is 5. The van der Waals surface area contributed by atoms with E-state index in [2.05, 4.69) is 50.1 Å². The third-order valence-corrected chi connectivity index (χ3v) is 5.53. The van der Waals surface area contributed by atoms with Crippen molar-refractivity contribution in [3.63, 3.8) is 0 Å². The molecule has 14 heavy (non-hydrogen) atoms. The molecule has 0 N–H and O–H groups in total. The van der Waals surface area contributed by atoms with E-state index in [-0.39, 0.29) is 16.5 Å². The van der Waals surface area contributed by atoms with Gasteiger partial charge in [-0.15, -0.1) is 0 Å². The van der Waals surface area contributed by atoms with Crippen molar-refractivity contribution in [2.45, 2.75) is 45.2 Å². The Morgan fingerprint density at radius 1 is 1.07 bits per heavy atom. The van der Waals surface area contributed by atoms with Gasteiger partial charge in [0, 0.05) is 11.3 Å². The van der Waals surface area contributed by atoms with Crippen molar-refractivity contribution in [1.29, 1.82) is 0 Å². The molecular weight excluding hydrogens is 172 g/mol. The van der Waals surface area contributed by atoms with Crippen LogP contribution < -0.4 is 0 Å². The summed E-state index contributed by atoms with van der Waals surface area (Å²) < 4.78 is 0. The van der Waals surface area contributed by atoms with E-state index in [1.807, 2.05) is 0 Å². The molecule has 2 aliphatic carbocycles. The van der Waals surface area contributed by atoms with Crippen molar-refractivity contribution >= 4 is 0 Å². The smallest absolute Gasteiger partial charge is 0.0928 e. The summed E-state index contributed by atoms with van der Waals surface area (Å²) in [6.07, 6.45) is 5.88. The standard InChI is InChI=1S/C12H18N2/c1-10(2)11(3)8-6-5-7-9(8)12(10,4)14-13-11/h5-6,8-9H,7H2,1-4H3/t8-,9+,11-,12+/m0/s1. The third kappa shape index (κ3) is 0.565. The number of azo groups is 1. The van der Waals surface area contributed by atoms with Crippen LogP contribution >= 0.6 is 0 Å². The Balaban J connectivity index is 2.23. The highest BCUT2D eigenvalue weighted by Crippen LogP contribution is 2.68. The third-order valence-electron chi connectivity index (χ3n) is 5.53. The van der Waals surface area contributed by atoms with Crippen LogP contribution in [0.2, 0.25) is 0 Å². The minimum absolute atomic E-state index is 0.0411. The molecule has 0 aromatic heterocycles. The molecule has 0 unspecified atom stereocenters. The summed E-state index contributed by atoms with van der Waals surface area (Å²) in [5, 5.41) is 9.16. The SMILES string of the molecule is CC1(C)[C@@]2(C)N=N[C@]1(C)[C@@H]1CC=C[C@@H]12. The summed E-state index contributed by atoms with van der Waals surface area (Å²) in [7, 11) is 0. The molecule has 0 amide bonds. The molecule has 2 bridgehead atoms. The molecule has 76 valence electrons. The van der Waals surface area contributed by atoms with Gasteiger partial charge in [0.2, 0.25) is 0 Å². The monoisotopic (exact) mass is 190 g/mol. The molecule has 2 heteroatoms. The first kappa shape index (κ1) is 8.63. The molecule has 0 spiro atoms. The zero-order chi connectivity index (χ0) is 10.2. The number of allylic oxidation sites excluding steroid dienone is 1. The second-order valence-corrected chi connectivity index (χ2v) is 5.92. The van der Waals surface area contributed by atoms with E-state index in [0.717, 1.165) is 0 Å². The van der Waals surface area contributed by atoms with Gasteiger partial charge in [0.1, 0.15) is 0 Å². The molecule has 3 rings (SSSR count). The van der Waals surface area contributed by atoms with Gasteiger partial charge in [-0.2, -0.15) is 10.2 Å². The molecule has 1 fully saturated rings. The van der Waals surface area contributed by atoms with Crippen molar-refractivity contribution < 1.29 is 0 Å². The Hall–Kier alpha value is -0.660. The number of nitrogens with zero attached hydrogens (tertiary/aromatic N) is 2. The molecule has 1 heterocycles. The van der Waals surface area contributed by atoms with Gasteiger partial charge >= 0.3 is 0 Å². The summed E-state index contributed by atoms with van der Waals surface area (Å²) in [6.45, 7) is 9.24. The fraction of sp³-hybridized carbons (Fsp3) is 0.833. The lowest BCUT2D eigenvalue weighted by Crippen LogP contribution is -2.44. The van der Waals surface area contributed by atoms with Crippen molar-refractivity contribution in [3.05, 3.63) is 12.2 Å². The molecule has 0 aromatic rings. The lowest BCUT2D eigenvalue weighted by molar-refractivity contribution is 0.176. The lowest BCUT2D eigenvalue weighted by atomic mass is 9.67. The minimum Gasteiger partial charge on any atom is -0.186 e. The normalized spacial score (nSPS) is 56.9. The summed E-state index contributed by atoms with van der Waals surface area (Å²) >= 11 is 0. The first-order valence-corrected chi connectivity index (χ1v) is 5.54. The lowest BCUT2D eigenvalue weighted by Gasteiger charge is -2.36. The predicted octanol–water partition coefficient (Wildman–Crippen LogP) is 3.20. The van der Waals surface area contributed by atoms with Crippen LogP contribution in [0.5, 0.6) is 0 Å². The van der Waals surface area contributed by atoms with Crippen molar-refractivity contribution in [1.82, 2.24) is 0 Å². The molecule has 1 aliphatic heterocycles. The van der Waals surface area contributed by atoms with Gasteiger partial charge in [-0.1, -0.05) is 26.0 Å². The highest BCUT2D eigenvalue weighted by Gasteiger charge is 2.72. The van der Waals surface area contributed by atoms with Crippen LogP contribution in [0.4, 0.5) is 0 Å². The summed E-state index contributed by atoms with van der Waals surface area (Å²) in [6, 6.07) is 0. The highest BCUT2D eigenvalue weighted by atomic mass is 15.3. The molecular formula is C12H18N2. The maximum atomic E-state index is 4.59. The van der Waals surface area contributed by atoms with Crippen LogP contribution in [0.3, 0.4) is 0 Å². The number of hydrogen-bond donors (Lipinski definition) is 0. The van der Waals surface area contributed by atoms with Crippen molar-refractivity contribution in [3.8, 4) is 0 Å². The Morgan fingerprint density at radius 3 is 2.36 bits per heavy atom.